The fraction of sp³-hybridized carbons (Fsp3) is 0.222. The molecule has 0 N–H and O–H groups in total. The van der Waals surface area contributed by atoms with Crippen molar-refractivity contribution in [1.29, 1.82) is 0 Å². The first-order valence-electron chi connectivity index (χ1n) is 10.5. The molecule has 0 aliphatic heterocycles. The Morgan fingerprint density at radius 1 is 0.903 bits per heavy atom. The predicted octanol–water partition coefficient (Wildman–Crippen LogP) is 6.37. The number of ketones is 1. The molecule has 0 amide bonds. The predicted molar refractivity (Wildman–Crippen MR) is 122 cm³/mol. The molecule has 0 aromatic heterocycles. The van der Waals surface area contributed by atoms with Gasteiger partial charge < -0.3 is 0 Å². The smallest absolute Gasteiger partial charge is 0.269 e. The lowest BCUT2D eigenvalue weighted by Crippen LogP contribution is -2.54. The highest BCUT2D eigenvalue weighted by molar-refractivity contribution is 5.99. The van der Waals surface area contributed by atoms with Crippen LogP contribution in [0.5, 0.6) is 0 Å². The van der Waals surface area contributed by atoms with E-state index in [2.05, 4.69) is 44.2 Å². The highest BCUT2D eigenvalue weighted by Gasteiger charge is 2.57. The van der Waals surface area contributed by atoms with E-state index in [1.807, 2.05) is 36.4 Å². The molecular formula is C27H25NO3. The third kappa shape index (κ3) is 3.70. The lowest BCUT2D eigenvalue weighted by molar-refractivity contribution is -0.384. The van der Waals surface area contributed by atoms with Crippen LogP contribution < -0.4 is 0 Å². The van der Waals surface area contributed by atoms with E-state index in [1.165, 1.54) is 28.8 Å². The van der Waals surface area contributed by atoms with Crippen molar-refractivity contribution in [2.24, 2.45) is 11.8 Å². The first-order chi connectivity index (χ1) is 14.9. The summed E-state index contributed by atoms with van der Waals surface area (Å²) in [6, 6.07) is 26.7. The second-order valence-electron chi connectivity index (χ2n) is 8.45. The first kappa shape index (κ1) is 20.7. The molecule has 4 heteroatoms. The molecule has 2 atom stereocenters. The molecule has 1 fully saturated rings. The minimum atomic E-state index is -0.445. The number of non-ortho nitro benzene ring substituents is 1. The topological polar surface area (TPSA) is 60.2 Å². The van der Waals surface area contributed by atoms with Crippen LogP contribution in [0.3, 0.4) is 0 Å². The van der Waals surface area contributed by atoms with Gasteiger partial charge in [0.2, 0.25) is 0 Å². The molecule has 0 spiro atoms. The Hall–Kier alpha value is -3.53. The summed E-state index contributed by atoms with van der Waals surface area (Å²) < 4.78 is 0. The second-order valence-corrected chi connectivity index (χ2v) is 8.45. The van der Waals surface area contributed by atoms with Crippen LogP contribution >= 0.6 is 0 Å². The van der Waals surface area contributed by atoms with Gasteiger partial charge in [-0.3, -0.25) is 14.9 Å². The Morgan fingerprint density at radius 2 is 1.42 bits per heavy atom. The molecular weight excluding hydrogens is 386 g/mol. The van der Waals surface area contributed by atoms with Crippen molar-refractivity contribution in [1.82, 2.24) is 0 Å². The number of hydrogen-bond acceptors (Lipinski definition) is 3. The molecule has 31 heavy (non-hydrogen) atoms. The van der Waals surface area contributed by atoms with E-state index in [0.717, 1.165) is 0 Å². The fourth-order valence-electron chi connectivity index (χ4n) is 4.89. The highest BCUT2D eigenvalue weighted by Crippen LogP contribution is 2.58. The standard InChI is InChI=1S/C27H25NO3/c1-19(2)17-25-24(26(29)20-13-15-23(16-14-20)28(30)31)18-27(25,21-9-5-3-6-10-21)22-11-7-4-8-12-22/h3-17,24-25H,18H2,1-2H3. The van der Waals surface area contributed by atoms with Crippen LogP contribution in [0.15, 0.2) is 96.6 Å². The van der Waals surface area contributed by atoms with E-state index >= 15 is 0 Å². The summed E-state index contributed by atoms with van der Waals surface area (Å²) >= 11 is 0. The quantitative estimate of drug-likeness (QED) is 0.205. The van der Waals surface area contributed by atoms with Gasteiger partial charge in [-0.15, -0.1) is 0 Å². The van der Waals surface area contributed by atoms with E-state index in [9.17, 15) is 14.9 Å². The van der Waals surface area contributed by atoms with Gasteiger partial charge in [-0.25, -0.2) is 0 Å². The third-order valence-electron chi connectivity index (χ3n) is 6.33. The van der Waals surface area contributed by atoms with Crippen LogP contribution in [0, 0.1) is 22.0 Å². The van der Waals surface area contributed by atoms with Gasteiger partial charge in [0, 0.05) is 34.9 Å². The number of Topliss-reactive ketones (excluding diaryl/α,β-unsaturated/α-hetero) is 1. The molecule has 0 heterocycles. The van der Waals surface area contributed by atoms with Crippen LogP contribution in [0.4, 0.5) is 5.69 Å². The molecule has 1 aliphatic carbocycles. The number of carbonyl (C=O) groups excluding carboxylic acids is 1. The van der Waals surface area contributed by atoms with Crippen LogP contribution in [0.2, 0.25) is 0 Å². The maximum atomic E-state index is 13.5. The van der Waals surface area contributed by atoms with Gasteiger partial charge in [-0.2, -0.15) is 0 Å². The number of benzene rings is 3. The van der Waals surface area contributed by atoms with E-state index in [4.69, 9.17) is 0 Å². The molecule has 2 unspecified atom stereocenters. The minimum Gasteiger partial charge on any atom is -0.294 e. The third-order valence-corrected chi connectivity index (χ3v) is 6.33. The monoisotopic (exact) mass is 411 g/mol. The van der Waals surface area contributed by atoms with Gasteiger partial charge in [-0.05, 0) is 43.5 Å². The van der Waals surface area contributed by atoms with Crippen LogP contribution in [-0.2, 0) is 5.41 Å². The maximum absolute atomic E-state index is 13.5. The van der Waals surface area contributed by atoms with Crippen LogP contribution in [0.1, 0.15) is 41.8 Å². The number of nitro benzene ring substituents is 1. The molecule has 4 nitrogen and oxygen atoms in total. The van der Waals surface area contributed by atoms with E-state index in [0.29, 0.717) is 12.0 Å². The van der Waals surface area contributed by atoms with E-state index < -0.39 is 4.92 Å². The maximum Gasteiger partial charge on any atom is 0.269 e. The number of rotatable bonds is 6. The first-order valence-corrected chi connectivity index (χ1v) is 10.5. The van der Waals surface area contributed by atoms with Gasteiger partial charge in [0.15, 0.2) is 5.78 Å². The molecule has 156 valence electrons. The van der Waals surface area contributed by atoms with Crippen molar-refractivity contribution in [2.75, 3.05) is 0 Å². The molecule has 3 aromatic rings. The van der Waals surface area contributed by atoms with Crippen LogP contribution in [-0.4, -0.2) is 10.7 Å². The van der Waals surface area contributed by atoms with Crippen molar-refractivity contribution >= 4 is 11.5 Å². The zero-order valence-corrected chi connectivity index (χ0v) is 17.7. The molecule has 3 aromatic carbocycles. The lowest BCUT2D eigenvalue weighted by atomic mass is 9.47. The fourth-order valence-corrected chi connectivity index (χ4v) is 4.89. The van der Waals surface area contributed by atoms with Gasteiger partial charge >= 0.3 is 0 Å². The molecule has 0 radical (unpaired) electrons. The van der Waals surface area contributed by atoms with Gasteiger partial charge in [0.05, 0.1) is 4.92 Å². The van der Waals surface area contributed by atoms with E-state index in [-0.39, 0.29) is 28.7 Å². The number of allylic oxidation sites excluding steroid dienone is 2. The second kappa shape index (κ2) is 8.31. The number of hydrogen-bond donors (Lipinski definition) is 0. The summed E-state index contributed by atoms with van der Waals surface area (Å²) in [5, 5.41) is 11.0. The number of nitrogens with zero attached hydrogens (tertiary/aromatic N) is 1. The van der Waals surface area contributed by atoms with E-state index in [1.54, 1.807) is 12.1 Å². The molecule has 4 rings (SSSR count). The summed E-state index contributed by atoms with van der Waals surface area (Å²) in [7, 11) is 0. The normalized spacial score (nSPS) is 19.2. The van der Waals surface area contributed by atoms with Crippen molar-refractivity contribution < 1.29 is 9.72 Å². The summed E-state index contributed by atoms with van der Waals surface area (Å²) in [4.78, 5) is 24.0. The van der Waals surface area contributed by atoms with Crippen LogP contribution in [0.25, 0.3) is 0 Å². The summed E-state index contributed by atoms with van der Waals surface area (Å²) in [5.41, 5.74) is 3.82. The number of carbonyl (C=O) groups is 1. The minimum absolute atomic E-state index is 0.00462. The van der Waals surface area contributed by atoms with Crippen molar-refractivity contribution in [3.63, 3.8) is 0 Å². The largest absolute Gasteiger partial charge is 0.294 e. The number of nitro groups is 1. The van der Waals surface area contributed by atoms with Gasteiger partial charge in [-0.1, -0.05) is 72.3 Å². The zero-order chi connectivity index (χ0) is 22.0. The molecule has 1 aliphatic rings. The molecule has 0 bridgehead atoms. The SMILES string of the molecule is CC(C)=CC1C(C(=O)c2ccc([N+](=O)[O-])cc2)CC1(c1ccccc1)c1ccccc1. The van der Waals surface area contributed by atoms with Crippen molar-refractivity contribution in [3.05, 3.63) is 123 Å². The Morgan fingerprint density at radius 3 is 1.87 bits per heavy atom. The summed E-state index contributed by atoms with van der Waals surface area (Å²) in [5.74, 6) is -0.137. The average Bonchev–Trinajstić information content (AvgIpc) is 2.78. The zero-order valence-electron chi connectivity index (χ0n) is 17.7. The Labute approximate surface area is 182 Å². The molecule has 1 saturated carbocycles. The Kier molecular flexibility index (Phi) is 5.55. The summed E-state index contributed by atoms with van der Waals surface area (Å²) in [6.07, 6.45) is 2.92. The highest BCUT2D eigenvalue weighted by atomic mass is 16.6. The van der Waals surface area contributed by atoms with Gasteiger partial charge in [0.25, 0.3) is 5.69 Å². The lowest BCUT2D eigenvalue weighted by Gasteiger charge is -2.55. The van der Waals surface area contributed by atoms with Crippen molar-refractivity contribution in [3.8, 4) is 0 Å². The summed E-state index contributed by atoms with van der Waals surface area (Å²) in [6.45, 7) is 4.12. The average molecular weight is 412 g/mol. The Bertz CT molecular complexity index is 1070. The van der Waals surface area contributed by atoms with Gasteiger partial charge in [0.1, 0.15) is 0 Å². The molecule has 0 saturated heterocycles. The Balaban J connectivity index is 1.77. The van der Waals surface area contributed by atoms with Crippen molar-refractivity contribution in [2.45, 2.75) is 25.7 Å².